The third kappa shape index (κ3) is 4.03. The van der Waals surface area contributed by atoms with E-state index in [0.29, 0.717) is 19.8 Å². The van der Waals surface area contributed by atoms with Crippen LogP contribution in [0.1, 0.15) is 5.69 Å². The van der Waals surface area contributed by atoms with Gasteiger partial charge in [0.1, 0.15) is 0 Å². The van der Waals surface area contributed by atoms with Crippen molar-refractivity contribution < 1.29 is 9.53 Å². The average Bonchev–Trinajstić information content (AvgIpc) is 2.70. The monoisotopic (exact) mass is 354 g/mol. The van der Waals surface area contributed by atoms with Crippen LogP contribution in [0.25, 0.3) is 10.8 Å². The van der Waals surface area contributed by atoms with E-state index >= 15 is 0 Å². The van der Waals surface area contributed by atoms with Crippen molar-refractivity contribution in [2.24, 2.45) is 0 Å². The van der Waals surface area contributed by atoms with E-state index in [1.54, 1.807) is 0 Å². The number of nitrogens with zero attached hydrogens (tertiary/aromatic N) is 4. The topological polar surface area (TPSA) is 48.9 Å². The lowest BCUT2D eigenvalue weighted by Gasteiger charge is -2.36. The minimum Gasteiger partial charge on any atom is -0.378 e. The highest BCUT2D eigenvalue weighted by atomic mass is 16.5. The predicted octanol–water partition coefficient (Wildman–Crippen LogP) is 1.21. The number of benzene rings is 1. The van der Waals surface area contributed by atoms with Crippen LogP contribution in [0, 0.1) is 0 Å². The van der Waals surface area contributed by atoms with E-state index in [4.69, 9.17) is 4.74 Å². The first-order valence-corrected chi connectivity index (χ1v) is 9.42. The van der Waals surface area contributed by atoms with Gasteiger partial charge in [-0.2, -0.15) is 0 Å². The van der Waals surface area contributed by atoms with Gasteiger partial charge >= 0.3 is 0 Å². The zero-order valence-corrected chi connectivity index (χ0v) is 15.1. The van der Waals surface area contributed by atoms with Crippen LogP contribution in [0.3, 0.4) is 0 Å². The Bertz CT molecular complexity index is 747. The van der Waals surface area contributed by atoms with E-state index in [9.17, 15) is 4.79 Å². The molecular formula is C20H26N4O2. The van der Waals surface area contributed by atoms with Gasteiger partial charge < -0.3 is 9.64 Å². The molecule has 0 bridgehead atoms. The van der Waals surface area contributed by atoms with Crippen LogP contribution in [0.5, 0.6) is 0 Å². The number of rotatable bonds is 4. The predicted molar refractivity (Wildman–Crippen MR) is 101 cm³/mol. The molecule has 2 aromatic rings. The standard InChI is InChI=1S/C20H26N4O2/c25-20(24-11-13-26-14-12-24)16-23-9-7-22(8-10-23)15-19-18-4-2-1-3-17(18)5-6-21-19/h1-6H,7-16H2. The molecule has 1 aromatic heterocycles. The lowest BCUT2D eigenvalue weighted by molar-refractivity contribution is -0.136. The molecule has 26 heavy (non-hydrogen) atoms. The third-order valence-electron chi connectivity index (χ3n) is 5.32. The molecule has 2 fully saturated rings. The first-order chi connectivity index (χ1) is 12.8. The van der Waals surface area contributed by atoms with E-state index in [1.165, 1.54) is 10.8 Å². The third-order valence-corrected chi connectivity index (χ3v) is 5.32. The number of morpholine rings is 1. The van der Waals surface area contributed by atoms with Crippen LogP contribution < -0.4 is 0 Å². The summed E-state index contributed by atoms with van der Waals surface area (Å²) in [5.41, 5.74) is 1.14. The Kier molecular flexibility index (Phi) is 5.43. The fourth-order valence-corrected chi connectivity index (χ4v) is 3.73. The highest BCUT2D eigenvalue weighted by Crippen LogP contribution is 2.18. The molecule has 2 aliphatic rings. The van der Waals surface area contributed by atoms with Gasteiger partial charge in [0.05, 0.1) is 25.5 Å². The average molecular weight is 354 g/mol. The molecular weight excluding hydrogens is 328 g/mol. The van der Waals surface area contributed by atoms with Gasteiger partial charge in [-0.1, -0.05) is 24.3 Å². The van der Waals surface area contributed by atoms with E-state index in [0.717, 1.165) is 51.5 Å². The van der Waals surface area contributed by atoms with Crippen molar-refractivity contribution in [1.82, 2.24) is 19.7 Å². The summed E-state index contributed by atoms with van der Waals surface area (Å²) in [6.07, 6.45) is 1.90. The summed E-state index contributed by atoms with van der Waals surface area (Å²) in [6.45, 7) is 7.99. The summed E-state index contributed by atoms with van der Waals surface area (Å²) < 4.78 is 5.32. The van der Waals surface area contributed by atoms with Crippen molar-refractivity contribution in [2.45, 2.75) is 6.54 Å². The van der Waals surface area contributed by atoms with Crippen LogP contribution in [0.4, 0.5) is 0 Å². The first kappa shape index (κ1) is 17.4. The van der Waals surface area contributed by atoms with Crippen LogP contribution >= 0.6 is 0 Å². The van der Waals surface area contributed by atoms with Crippen molar-refractivity contribution in [3.63, 3.8) is 0 Å². The Morgan fingerprint density at radius 1 is 0.962 bits per heavy atom. The Morgan fingerprint density at radius 3 is 2.50 bits per heavy atom. The number of pyridine rings is 1. The van der Waals surface area contributed by atoms with Crippen LogP contribution in [-0.2, 0) is 16.1 Å². The summed E-state index contributed by atoms with van der Waals surface area (Å²) in [4.78, 5) is 23.6. The van der Waals surface area contributed by atoms with Gasteiger partial charge in [-0.05, 0) is 11.5 Å². The number of carbonyl (C=O) groups is 1. The maximum Gasteiger partial charge on any atom is 0.236 e. The SMILES string of the molecule is O=C(CN1CCN(Cc2nccc3ccccc23)CC1)N1CCOCC1. The van der Waals surface area contributed by atoms with Crippen LogP contribution in [-0.4, -0.2) is 84.6 Å². The highest BCUT2D eigenvalue weighted by Gasteiger charge is 2.23. The molecule has 0 saturated carbocycles. The minimum absolute atomic E-state index is 0.234. The Balaban J connectivity index is 1.30. The van der Waals surface area contributed by atoms with Crippen molar-refractivity contribution in [3.8, 4) is 0 Å². The maximum atomic E-state index is 12.4. The van der Waals surface area contributed by atoms with Crippen LogP contribution in [0.15, 0.2) is 36.5 Å². The largest absolute Gasteiger partial charge is 0.378 e. The quantitative estimate of drug-likeness (QED) is 0.826. The number of piperazine rings is 1. The molecule has 2 saturated heterocycles. The molecule has 1 aromatic carbocycles. The summed E-state index contributed by atoms with van der Waals surface area (Å²) in [7, 11) is 0. The fraction of sp³-hybridized carbons (Fsp3) is 0.500. The Labute approximate surface area is 154 Å². The lowest BCUT2D eigenvalue weighted by Crippen LogP contribution is -2.51. The highest BCUT2D eigenvalue weighted by molar-refractivity contribution is 5.84. The van der Waals surface area contributed by atoms with Gasteiger partial charge in [0, 0.05) is 57.4 Å². The molecule has 0 aliphatic carbocycles. The zero-order chi connectivity index (χ0) is 17.8. The minimum atomic E-state index is 0.234. The van der Waals surface area contributed by atoms with E-state index in [-0.39, 0.29) is 5.91 Å². The zero-order valence-electron chi connectivity index (χ0n) is 15.1. The maximum absolute atomic E-state index is 12.4. The van der Waals surface area contributed by atoms with Gasteiger partial charge in [-0.25, -0.2) is 0 Å². The molecule has 4 rings (SSSR count). The van der Waals surface area contributed by atoms with E-state index < -0.39 is 0 Å². The fourth-order valence-electron chi connectivity index (χ4n) is 3.73. The first-order valence-electron chi connectivity index (χ1n) is 9.42. The molecule has 138 valence electrons. The summed E-state index contributed by atoms with van der Waals surface area (Å²) in [5, 5.41) is 2.48. The van der Waals surface area contributed by atoms with Crippen molar-refractivity contribution in [1.29, 1.82) is 0 Å². The second-order valence-electron chi connectivity index (χ2n) is 7.02. The molecule has 1 amide bonds. The molecule has 2 aliphatic heterocycles. The molecule has 3 heterocycles. The molecule has 0 radical (unpaired) electrons. The summed E-state index contributed by atoms with van der Waals surface area (Å²) >= 11 is 0. The number of hydrogen-bond donors (Lipinski definition) is 0. The van der Waals surface area contributed by atoms with E-state index in [2.05, 4.69) is 45.1 Å². The number of hydrogen-bond acceptors (Lipinski definition) is 5. The number of carbonyl (C=O) groups excluding carboxylic acids is 1. The number of fused-ring (bicyclic) bond motifs is 1. The van der Waals surface area contributed by atoms with Gasteiger partial charge in [-0.3, -0.25) is 19.6 Å². The smallest absolute Gasteiger partial charge is 0.236 e. The van der Waals surface area contributed by atoms with Crippen molar-refractivity contribution in [3.05, 3.63) is 42.2 Å². The van der Waals surface area contributed by atoms with Gasteiger partial charge in [0.25, 0.3) is 0 Å². The Hall–Kier alpha value is -2.02. The van der Waals surface area contributed by atoms with Crippen molar-refractivity contribution in [2.75, 3.05) is 59.0 Å². The Morgan fingerprint density at radius 2 is 1.69 bits per heavy atom. The second-order valence-corrected chi connectivity index (χ2v) is 7.02. The summed E-state index contributed by atoms with van der Waals surface area (Å²) in [6, 6.07) is 10.5. The van der Waals surface area contributed by atoms with Gasteiger partial charge in [0.15, 0.2) is 0 Å². The molecule has 0 atom stereocenters. The van der Waals surface area contributed by atoms with Crippen molar-refractivity contribution >= 4 is 16.7 Å². The number of ether oxygens (including phenoxy) is 1. The van der Waals surface area contributed by atoms with Gasteiger partial charge in [-0.15, -0.1) is 0 Å². The molecule has 0 N–H and O–H groups in total. The number of aromatic nitrogens is 1. The molecule has 0 unspecified atom stereocenters. The normalized spacial score (nSPS) is 19.8. The molecule has 0 spiro atoms. The van der Waals surface area contributed by atoms with E-state index in [1.807, 2.05) is 11.1 Å². The second kappa shape index (κ2) is 8.12. The lowest BCUT2D eigenvalue weighted by atomic mass is 10.1. The summed E-state index contributed by atoms with van der Waals surface area (Å²) in [5.74, 6) is 0.234. The van der Waals surface area contributed by atoms with Gasteiger partial charge in [0.2, 0.25) is 5.91 Å². The molecule has 6 nitrogen and oxygen atoms in total. The van der Waals surface area contributed by atoms with Crippen LogP contribution in [0.2, 0.25) is 0 Å². The molecule has 6 heteroatoms. The number of amides is 1.